The molecule has 1 nitrogen and oxygen atoms in total. The molecule has 0 saturated carbocycles. The standard InChI is InChI=1S/C16H11F2N/c17-14-7-6-11(12-3-1-2-4-13(12)14)10-5-8-16(19)15(18)9-10/h1-9H,19H2. The predicted octanol–water partition coefficient (Wildman–Crippen LogP) is 4.37. The Morgan fingerprint density at radius 3 is 2.21 bits per heavy atom. The number of nitrogens with two attached hydrogens (primary N) is 1. The van der Waals surface area contributed by atoms with E-state index in [4.69, 9.17) is 5.73 Å². The second-order valence-electron chi connectivity index (χ2n) is 4.38. The fraction of sp³-hybridized carbons (Fsp3) is 0. The minimum absolute atomic E-state index is 0.107. The van der Waals surface area contributed by atoms with Crippen molar-refractivity contribution in [2.45, 2.75) is 0 Å². The third kappa shape index (κ3) is 1.93. The Morgan fingerprint density at radius 2 is 1.47 bits per heavy atom. The van der Waals surface area contributed by atoms with Crippen molar-refractivity contribution >= 4 is 16.5 Å². The molecule has 19 heavy (non-hydrogen) atoms. The van der Waals surface area contributed by atoms with Crippen molar-refractivity contribution in [2.24, 2.45) is 0 Å². The van der Waals surface area contributed by atoms with Crippen molar-refractivity contribution in [3.8, 4) is 11.1 Å². The molecular weight excluding hydrogens is 244 g/mol. The fourth-order valence-electron chi connectivity index (χ4n) is 2.21. The maximum atomic E-state index is 13.7. The van der Waals surface area contributed by atoms with Crippen LogP contribution in [0.4, 0.5) is 14.5 Å². The Morgan fingerprint density at radius 1 is 0.737 bits per heavy atom. The van der Waals surface area contributed by atoms with Crippen LogP contribution in [0.3, 0.4) is 0 Å². The number of anilines is 1. The highest BCUT2D eigenvalue weighted by atomic mass is 19.1. The van der Waals surface area contributed by atoms with Crippen LogP contribution in [0.2, 0.25) is 0 Å². The van der Waals surface area contributed by atoms with E-state index in [0.29, 0.717) is 10.9 Å². The van der Waals surface area contributed by atoms with E-state index in [0.717, 1.165) is 10.9 Å². The smallest absolute Gasteiger partial charge is 0.146 e. The van der Waals surface area contributed by atoms with Crippen LogP contribution in [0, 0.1) is 11.6 Å². The minimum atomic E-state index is -0.467. The van der Waals surface area contributed by atoms with Gasteiger partial charge >= 0.3 is 0 Å². The first-order valence-corrected chi connectivity index (χ1v) is 5.89. The van der Waals surface area contributed by atoms with Crippen LogP contribution in [0.5, 0.6) is 0 Å². The molecule has 0 fully saturated rings. The molecule has 0 aliphatic rings. The van der Waals surface area contributed by atoms with Crippen molar-refractivity contribution < 1.29 is 8.78 Å². The highest BCUT2D eigenvalue weighted by Gasteiger charge is 2.08. The Kier molecular flexibility index (Phi) is 2.67. The molecular formula is C16H11F2N. The lowest BCUT2D eigenvalue weighted by molar-refractivity contribution is 0.633. The average Bonchev–Trinajstić information content (AvgIpc) is 2.43. The van der Waals surface area contributed by atoms with Gasteiger partial charge in [-0.25, -0.2) is 8.78 Å². The first kappa shape index (κ1) is 11.7. The molecule has 0 heterocycles. The lowest BCUT2D eigenvalue weighted by atomic mass is 9.98. The van der Waals surface area contributed by atoms with Gasteiger partial charge < -0.3 is 5.73 Å². The molecule has 0 saturated heterocycles. The lowest BCUT2D eigenvalue weighted by Gasteiger charge is -2.08. The monoisotopic (exact) mass is 255 g/mol. The Bertz CT molecular complexity index is 766. The van der Waals surface area contributed by atoms with Crippen LogP contribution in [0.1, 0.15) is 0 Å². The number of benzene rings is 3. The van der Waals surface area contributed by atoms with Gasteiger partial charge in [0.05, 0.1) is 5.69 Å². The summed E-state index contributed by atoms with van der Waals surface area (Å²) in [5, 5.41) is 1.28. The maximum Gasteiger partial charge on any atom is 0.146 e. The number of hydrogen-bond donors (Lipinski definition) is 1. The Labute approximate surface area is 109 Å². The summed E-state index contributed by atoms with van der Waals surface area (Å²) in [6.45, 7) is 0. The summed E-state index contributed by atoms with van der Waals surface area (Å²) in [7, 11) is 0. The van der Waals surface area contributed by atoms with Crippen LogP contribution >= 0.6 is 0 Å². The third-order valence-corrected chi connectivity index (χ3v) is 3.18. The van der Waals surface area contributed by atoms with Crippen LogP contribution in [-0.4, -0.2) is 0 Å². The van der Waals surface area contributed by atoms with Gasteiger partial charge in [-0.15, -0.1) is 0 Å². The molecule has 3 aromatic rings. The van der Waals surface area contributed by atoms with Gasteiger partial charge in [-0.3, -0.25) is 0 Å². The summed E-state index contributed by atoms with van der Waals surface area (Å²) in [5.41, 5.74) is 7.05. The Hall–Kier alpha value is -2.42. The Balaban J connectivity index is 2.31. The van der Waals surface area contributed by atoms with Crippen molar-refractivity contribution in [3.05, 3.63) is 66.2 Å². The van der Waals surface area contributed by atoms with Crippen molar-refractivity contribution in [2.75, 3.05) is 5.73 Å². The minimum Gasteiger partial charge on any atom is -0.396 e. The molecule has 0 unspecified atom stereocenters. The second kappa shape index (κ2) is 4.35. The van der Waals surface area contributed by atoms with E-state index < -0.39 is 5.82 Å². The maximum absolute atomic E-state index is 13.7. The normalized spacial score (nSPS) is 10.8. The zero-order valence-electron chi connectivity index (χ0n) is 10.0. The van der Waals surface area contributed by atoms with E-state index in [1.54, 1.807) is 24.3 Å². The molecule has 0 atom stereocenters. The molecule has 3 rings (SSSR count). The molecule has 0 aliphatic heterocycles. The predicted molar refractivity (Wildman–Crippen MR) is 73.7 cm³/mol. The second-order valence-corrected chi connectivity index (χ2v) is 4.38. The fourth-order valence-corrected chi connectivity index (χ4v) is 2.21. The molecule has 94 valence electrons. The number of rotatable bonds is 1. The van der Waals surface area contributed by atoms with Crippen LogP contribution < -0.4 is 5.73 Å². The van der Waals surface area contributed by atoms with Crippen molar-refractivity contribution in [1.29, 1.82) is 0 Å². The van der Waals surface area contributed by atoms with E-state index in [1.165, 1.54) is 18.2 Å². The molecule has 0 radical (unpaired) electrons. The van der Waals surface area contributed by atoms with Crippen LogP contribution in [-0.2, 0) is 0 Å². The van der Waals surface area contributed by atoms with Gasteiger partial charge in [-0.1, -0.05) is 36.4 Å². The van der Waals surface area contributed by atoms with E-state index >= 15 is 0 Å². The molecule has 0 spiro atoms. The summed E-state index contributed by atoms with van der Waals surface area (Å²) >= 11 is 0. The first-order valence-electron chi connectivity index (χ1n) is 5.89. The molecule has 3 heteroatoms. The van der Waals surface area contributed by atoms with Crippen LogP contribution in [0.25, 0.3) is 21.9 Å². The molecule has 0 aliphatic carbocycles. The summed E-state index contributed by atoms with van der Waals surface area (Å²) in [5.74, 6) is -0.749. The van der Waals surface area contributed by atoms with Gasteiger partial charge in [0.25, 0.3) is 0 Å². The highest BCUT2D eigenvalue weighted by molar-refractivity contribution is 5.97. The van der Waals surface area contributed by atoms with Crippen LogP contribution in [0.15, 0.2) is 54.6 Å². The number of halogens is 2. The van der Waals surface area contributed by atoms with E-state index in [2.05, 4.69) is 0 Å². The lowest BCUT2D eigenvalue weighted by Crippen LogP contribution is -1.91. The van der Waals surface area contributed by atoms with E-state index in [9.17, 15) is 8.78 Å². The van der Waals surface area contributed by atoms with Crippen molar-refractivity contribution in [1.82, 2.24) is 0 Å². The zero-order chi connectivity index (χ0) is 13.4. The molecule has 2 N–H and O–H groups in total. The summed E-state index contributed by atoms with van der Waals surface area (Å²) in [6, 6.07) is 14.8. The van der Waals surface area contributed by atoms with E-state index in [-0.39, 0.29) is 11.5 Å². The van der Waals surface area contributed by atoms with Gasteiger partial charge in [0, 0.05) is 5.39 Å². The van der Waals surface area contributed by atoms with Gasteiger partial charge in [-0.05, 0) is 34.7 Å². The van der Waals surface area contributed by atoms with Gasteiger partial charge in [0.15, 0.2) is 0 Å². The topological polar surface area (TPSA) is 26.0 Å². The number of fused-ring (bicyclic) bond motifs is 1. The SMILES string of the molecule is Nc1ccc(-c2ccc(F)c3ccccc23)cc1F. The van der Waals surface area contributed by atoms with Crippen molar-refractivity contribution in [3.63, 3.8) is 0 Å². The first-order chi connectivity index (χ1) is 9.16. The van der Waals surface area contributed by atoms with Gasteiger partial charge in [0.2, 0.25) is 0 Å². The largest absolute Gasteiger partial charge is 0.396 e. The summed E-state index contributed by atoms with van der Waals surface area (Å²) < 4.78 is 27.3. The molecule has 3 aromatic carbocycles. The number of nitrogen functional groups attached to an aromatic ring is 1. The highest BCUT2D eigenvalue weighted by Crippen LogP contribution is 2.31. The zero-order valence-corrected chi connectivity index (χ0v) is 10.0. The molecule has 0 aromatic heterocycles. The quantitative estimate of drug-likeness (QED) is 0.642. The molecule has 0 amide bonds. The summed E-state index contributed by atoms with van der Waals surface area (Å²) in [6.07, 6.45) is 0. The van der Waals surface area contributed by atoms with Gasteiger partial charge in [-0.2, -0.15) is 0 Å². The third-order valence-electron chi connectivity index (χ3n) is 3.18. The van der Waals surface area contributed by atoms with E-state index in [1.807, 2.05) is 12.1 Å². The molecule has 0 bridgehead atoms. The van der Waals surface area contributed by atoms with Gasteiger partial charge in [0.1, 0.15) is 11.6 Å². The average molecular weight is 255 g/mol. The number of hydrogen-bond acceptors (Lipinski definition) is 1. The summed E-state index contributed by atoms with van der Waals surface area (Å²) in [4.78, 5) is 0.